The molecule has 0 aliphatic carbocycles. The lowest BCUT2D eigenvalue weighted by molar-refractivity contribution is 0.199. The van der Waals surface area contributed by atoms with Crippen LogP contribution in [0.5, 0.6) is 0 Å². The summed E-state index contributed by atoms with van der Waals surface area (Å²) in [5, 5.41) is 3.29. The summed E-state index contributed by atoms with van der Waals surface area (Å²) >= 11 is 0. The first-order valence-corrected chi connectivity index (χ1v) is 4.43. The summed E-state index contributed by atoms with van der Waals surface area (Å²) in [7, 11) is 1.71. The van der Waals surface area contributed by atoms with E-state index in [-0.39, 0.29) is 0 Å². The SMILES string of the molecule is COCCNCc1ccncc1C. The summed E-state index contributed by atoms with van der Waals surface area (Å²) in [6.45, 7) is 4.60. The molecule has 0 aliphatic heterocycles. The van der Waals surface area contributed by atoms with Crippen molar-refractivity contribution in [2.24, 2.45) is 0 Å². The van der Waals surface area contributed by atoms with E-state index in [2.05, 4.69) is 17.2 Å². The number of aromatic nitrogens is 1. The monoisotopic (exact) mass is 180 g/mol. The van der Waals surface area contributed by atoms with Crippen molar-refractivity contribution >= 4 is 0 Å². The number of hydrogen-bond donors (Lipinski definition) is 1. The lowest BCUT2D eigenvalue weighted by Gasteiger charge is -2.06. The normalized spacial score (nSPS) is 10.3. The third-order valence-electron chi connectivity index (χ3n) is 1.93. The van der Waals surface area contributed by atoms with Crippen LogP contribution in [-0.2, 0) is 11.3 Å². The van der Waals surface area contributed by atoms with Crippen LogP contribution in [-0.4, -0.2) is 25.2 Å². The summed E-state index contributed by atoms with van der Waals surface area (Å²) in [4.78, 5) is 4.04. The lowest BCUT2D eigenvalue weighted by atomic mass is 10.1. The zero-order valence-corrected chi connectivity index (χ0v) is 8.21. The van der Waals surface area contributed by atoms with Gasteiger partial charge in [-0.1, -0.05) is 0 Å². The fraction of sp³-hybridized carbons (Fsp3) is 0.500. The average molecular weight is 180 g/mol. The maximum atomic E-state index is 4.94. The Balaban J connectivity index is 2.32. The molecule has 72 valence electrons. The Morgan fingerprint density at radius 2 is 2.38 bits per heavy atom. The molecule has 1 heterocycles. The summed E-state index contributed by atoms with van der Waals surface area (Å²) < 4.78 is 4.94. The van der Waals surface area contributed by atoms with E-state index in [4.69, 9.17) is 4.74 Å². The molecule has 0 saturated heterocycles. The van der Waals surface area contributed by atoms with Gasteiger partial charge in [-0.15, -0.1) is 0 Å². The van der Waals surface area contributed by atoms with E-state index in [1.165, 1.54) is 11.1 Å². The first kappa shape index (κ1) is 10.2. The van der Waals surface area contributed by atoms with Gasteiger partial charge < -0.3 is 10.1 Å². The van der Waals surface area contributed by atoms with Crippen LogP contribution in [0.4, 0.5) is 0 Å². The van der Waals surface area contributed by atoms with Gasteiger partial charge in [0.05, 0.1) is 6.61 Å². The highest BCUT2D eigenvalue weighted by Gasteiger charge is 1.95. The number of aryl methyl sites for hydroxylation is 1. The molecule has 1 aromatic rings. The molecule has 0 aliphatic rings. The number of rotatable bonds is 5. The van der Waals surface area contributed by atoms with Gasteiger partial charge in [-0.2, -0.15) is 0 Å². The molecule has 0 saturated carbocycles. The number of hydrogen-bond acceptors (Lipinski definition) is 3. The molecule has 1 rings (SSSR count). The van der Waals surface area contributed by atoms with E-state index in [0.29, 0.717) is 0 Å². The van der Waals surface area contributed by atoms with Crippen molar-refractivity contribution in [1.82, 2.24) is 10.3 Å². The summed E-state index contributed by atoms with van der Waals surface area (Å²) in [5.41, 5.74) is 2.53. The van der Waals surface area contributed by atoms with Gasteiger partial charge in [0.1, 0.15) is 0 Å². The summed E-state index contributed by atoms with van der Waals surface area (Å²) in [5.74, 6) is 0. The zero-order valence-electron chi connectivity index (χ0n) is 8.21. The van der Waals surface area contributed by atoms with Crippen LogP contribution in [0.3, 0.4) is 0 Å². The van der Waals surface area contributed by atoms with Gasteiger partial charge in [-0.3, -0.25) is 4.98 Å². The molecular formula is C10H16N2O. The van der Waals surface area contributed by atoms with E-state index in [1.54, 1.807) is 7.11 Å². The van der Waals surface area contributed by atoms with Gasteiger partial charge in [0.25, 0.3) is 0 Å². The molecular weight excluding hydrogens is 164 g/mol. The van der Waals surface area contributed by atoms with E-state index in [0.717, 1.165) is 19.7 Å². The van der Waals surface area contributed by atoms with Gasteiger partial charge in [-0.25, -0.2) is 0 Å². The second-order valence-corrected chi connectivity index (χ2v) is 2.97. The molecule has 0 radical (unpaired) electrons. The van der Waals surface area contributed by atoms with Crippen molar-refractivity contribution in [2.45, 2.75) is 13.5 Å². The third kappa shape index (κ3) is 3.53. The molecule has 3 nitrogen and oxygen atoms in total. The molecule has 0 amide bonds. The standard InChI is InChI=1S/C10H16N2O/c1-9-7-11-4-3-10(9)8-12-5-6-13-2/h3-4,7,12H,5-6,8H2,1-2H3. The molecule has 1 N–H and O–H groups in total. The minimum absolute atomic E-state index is 0.754. The highest BCUT2D eigenvalue weighted by Crippen LogP contribution is 2.03. The van der Waals surface area contributed by atoms with E-state index < -0.39 is 0 Å². The van der Waals surface area contributed by atoms with Crippen molar-refractivity contribution < 1.29 is 4.74 Å². The van der Waals surface area contributed by atoms with Crippen LogP contribution in [0.2, 0.25) is 0 Å². The summed E-state index contributed by atoms with van der Waals surface area (Å²) in [6, 6.07) is 2.04. The minimum Gasteiger partial charge on any atom is -0.383 e. The largest absolute Gasteiger partial charge is 0.383 e. The second kappa shape index (κ2) is 5.67. The van der Waals surface area contributed by atoms with E-state index in [1.807, 2.05) is 18.5 Å². The molecule has 1 aromatic heterocycles. The molecule has 0 atom stereocenters. The molecule has 0 unspecified atom stereocenters. The Labute approximate surface area is 79.1 Å². The zero-order chi connectivity index (χ0) is 9.52. The predicted octanol–water partition coefficient (Wildman–Crippen LogP) is 1.13. The van der Waals surface area contributed by atoms with Gasteiger partial charge in [0.2, 0.25) is 0 Å². The average Bonchev–Trinajstić information content (AvgIpc) is 2.15. The number of nitrogens with one attached hydrogen (secondary N) is 1. The molecule has 13 heavy (non-hydrogen) atoms. The van der Waals surface area contributed by atoms with Crippen molar-refractivity contribution in [2.75, 3.05) is 20.3 Å². The van der Waals surface area contributed by atoms with Crippen LogP contribution in [0, 0.1) is 6.92 Å². The highest BCUT2D eigenvalue weighted by molar-refractivity contribution is 5.20. The lowest BCUT2D eigenvalue weighted by Crippen LogP contribution is -2.19. The van der Waals surface area contributed by atoms with E-state index >= 15 is 0 Å². The Bertz CT molecular complexity index is 250. The third-order valence-corrected chi connectivity index (χ3v) is 1.93. The second-order valence-electron chi connectivity index (χ2n) is 2.97. The Kier molecular flexibility index (Phi) is 4.43. The van der Waals surface area contributed by atoms with Gasteiger partial charge in [-0.05, 0) is 24.1 Å². The van der Waals surface area contributed by atoms with Crippen molar-refractivity contribution in [3.05, 3.63) is 29.6 Å². The topological polar surface area (TPSA) is 34.1 Å². The maximum absolute atomic E-state index is 4.94. The number of ether oxygens (including phenoxy) is 1. The first-order valence-electron chi connectivity index (χ1n) is 4.43. The number of nitrogens with zero attached hydrogens (tertiary/aromatic N) is 1. The Hall–Kier alpha value is -0.930. The van der Waals surface area contributed by atoms with Gasteiger partial charge >= 0.3 is 0 Å². The van der Waals surface area contributed by atoms with Crippen LogP contribution in [0.1, 0.15) is 11.1 Å². The predicted molar refractivity (Wildman–Crippen MR) is 52.6 cm³/mol. The minimum atomic E-state index is 0.754. The van der Waals surface area contributed by atoms with Crippen molar-refractivity contribution in [1.29, 1.82) is 0 Å². The quantitative estimate of drug-likeness (QED) is 0.690. The fourth-order valence-corrected chi connectivity index (χ4v) is 1.10. The highest BCUT2D eigenvalue weighted by atomic mass is 16.5. The van der Waals surface area contributed by atoms with Crippen LogP contribution >= 0.6 is 0 Å². The Morgan fingerprint density at radius 3 is 3.08 bits per heavy atom. The van der Waals surface area contributed by atoms with Gasteiger partial charge in [0, 0.05) is 32.6 Å². The van der Waals surface area contributed by atoms with Crippen LogP contribution < -0.4 is 5.32 Å². The van der Waals surface area contributed by atoms with Crippen molar-refractivity contribution in [3.63, 3.8) is 0 Å². The number of methoxy groups -OCH3 is 1. The number of pyridine rings is 1. The van der Waals surface area contributed by atoms with Crippen LogP contribution in [0.25, 0.3) is 0 Å². The molecule has 0 fully saturated rings. The van der Waals surface area contributed by atoms with Crippen LogP contribution in [0.15, 0.2) is 18.5 Å². The van der Waals surface area contributed by atoms with E-state index in [9.17, 15) is 0 Å². The smallest absolute Gasteiger partial charge is 0.0587 e. The Morgan fingerprint density at radius 1 is 1.54 bits per heavy atom. The van der Waals surface area contributed by atoms with Gasteiger partial charge in [0.15, 0.2) is 0 Å². The van der Waals surface area contributed by atoms with Crippen molar-refractivity contribution in [3.8, 4) is 0 Å². The molecule has 3 heteroatoms. The molecule has 0 bridgehead atoms. The fourth-order valence-electron chi connectivity index (χ4n) is 1.10. The molecule has 0 aromatic carbocycles. The first-order chi connectivity index (χ1) is 6.34. The summed E-state index contributed by atoms with van der Waals surface area (Å²) in [6.07, 6.45) is 3.70. The maximum Gasteiger partial charge on any atom is 0.0587 e. The molecule has 0 spiro atoms.